The quantitative estimate of drug-likeness (QED) is 0.710. The van der Waals surface area contributed by atoms with E-state index >= 15 is 0 Å². The molecule has 2 aromatic rings. The van der Waals surface area contributed by atoms with Crippen LogP contribution in [0.4, 0.5) is 21.9 Å². The molecule has 7 nitrogen and oxygen atoms in total. The average Bonchev–Trinajstić information content (AvgIpc) is 2.94. The van der Waals surface area contributed by atoms with Crippen molar-refractivity contribution in [2.45, 2.75) is 40.2 Å². The summed E-state index contributed by atoms with van der Waals surface area (Å²) in [5.41, 5.74) is 2.24. The fourth-order valence-corrected chi connectivity index (χ4v) is 3.57. The Balaban J connectivity index is 1.70. The van der Waals surface area contributed by atoms with Gasteiger partial charge in [-0.2, -0.15) is 0 Å². The average molecular weight is 409 g/mol. The fraction of sp³-hybridized carbons (Fsp3) is 0.348. The zero-order valence-corrected chi connectivity index (χ0v) is 18.1. The Morgan fingerprint density at radius 1 is 0.867 bits per heavy atom. The van der Waals surface area contributed by atoms with Crippen molar-refractivity contribution in [3.8, 4) is 0 Å². The summed E-state index contributed by atoms with van der Waals surface area (Å²) in [5, 5.41) is 5.51. The van der Waals surface area contributed by atoms with Crippen LogP contribution in [0, 0.1) is 0 Å². The zero-order valence-electron chi connectivity index (χ0n) is 18.1. The molecule has 0 aromatic heterocycles. The van der Waals surface area contributed by atoms with Gasteiger partial charge < -0.3 is 15.5 Å². The summed E-state index contributed by atoms with van der Waals surface area (Å²) < 4.78 is 0. The molecule has 0 saturated carbocycles. The molecule has 3 rings (SSSR count). The van der Waals surface area contributed by atoms with Gasteiger partial charge in [0.25, 0.3) is 11.8 Å². The van der Waals surface area contributed by atoms with Crippen LogP contribution in [0.5, 0.6) is 0 Å². The number of imide groups is 1. The van der Waals surface area contributed by atoms with Crippen LogP contribution >= 0.6 is 0 Å². The number of carbonyl (C=O) groups excluding carboxylic acids is 3. The first kappa shape index (κ1) is 21.4. The number of nitrogens with one attached hydrogen (secondary N) is 2. The molecule has 7 heteroatoms. The van der Waals surface area contributed by atoms with Crippen LogP contribution in [0.15, 0.2) is 42.5 Å². The minimum absolute atomic E-state index is 0.302. The van der Waals surface area contributed by atoms with Crippen LogP contribution in [0.1, 0.15) is 55.3 Å². The van der Waals surface area contributed by atoms with Crippen LogP contribution in [-0.2, 0) is 0 Å². The van der Waals surface area contributed by atoms with Gasteiger partial charge >= 0.3 is 6.03 Å². The van der Waals surface area contributed by atoms with Crippen LogP contribution in [0.3, 0.4) is 0 Å². The first-order valence-corrected chi connectivity index (χ1v) is 10.1. The summed E-state index contributed by atoms with van der Waals surface area (Å²) in [7, 11) is 0. The number of fused-ring (bicyclic) bond motifs is 1. The molecule has 2 aromatic carbocycles. The molecule has 0 unspecified atom stereocenters. The fourth-order valence-electron chi connectivity index (χ4n) is 3.57. The number of carbonyl (C=O) groups is 3. The SMILES string of the molecule is CCN(CC)c1ccc(NC(=O)Nc2ccc3c(c2)C(=O)N(C(C)(C)C)C3=O)cc1. The maximum Gasteiger partial charge on any atom is 0.323 e. The number of hydrogen-bond acceptors (Lipinski definition) is 4. The number of hydrogen-bond donors (Lipinski definition) is 2. The highest BCUT2D eigenvalue weighted by Gasteiger charge is 2.41. The molecule has 0 atom stereocenters. The van der Waals surface area contributed by atoms with Crippen molar-refractivity contribution in [1.29, 1.82) is 0 Å². The minimum Gasteiger partial charge on any atom is -0.372 e. The van der Waals surface area contributed by atoms with Gasteiger partial charge in [-0.3, -0.25) is 14.5 Å². The van der Waals surface area contributed by atoms with Gasteiger partial charge in [0.05, 0.1) is 11.1 Å². The van der Waals surface area contributed by atoms with E-state index in [1.165, 1.54) is 4.90 Å². The van der Waals surface area contributed by atoms with E-state index in [0.29, 0.717) is 22.5 Å². The molecule has 1 aliphatic heterocycles. The van der Waals surface area contributed by atoms with E-state index in [1.807, 2.05) is 45.0 Å². The second kappa shape index (κ2) is 8.18. The molecule has 4 amide bonds. The molecule has 1 aliphatic rings. The van der Waals surface area contributed by atoms with Gasteiger partial charge in [0.2, 0.25) is 0 Å². The van der Waals surface area contributed by atoms with E-state index < -0.39 is 11.6 Å². The zero-order chi connectivity index (χ0) is 22.1. The lowest BCUT2D eigenvalue weighted by Gasteiger charge is -2.29. The summed E-state index contributed by atoms with van der Waals surface area (Å²) in [5.74, 6) is -0.662. The second-order valence-electron chi connectivity index (χ2n) is 8.18. The molecule has 1 heterocycles. The topological polar surface area (TPSA) is 81.8 Å². The van der Waals surface area contributed by atoms with Gasteiger partial charge in [0, 0.05) is 35.7 Å². The highest BCUT2D eigenvalue weighted by Crippen LogP contribution is 2.31. The Bertz CT molecular complexity index is 973. The van der Waals surface area contributed by atoms with Gasteiger partial charge in [0.15, 0.2) is 0 Å². The lowest BCUT2D eigenvalue weighted by atomic mass is 10.1. The predicted octanol–water partition coefficient (Wildman–Crippen LogP) is 4.57. The summed E-state index contributed by atoms with van der Waals surface area (Å²) in [6.07, 6.45) is 0. The molecule has 0 radical (unpaired) electrons. The maximum atomic E-state index is 12.7. The van der Waals surface area contributed by atoms with Crippen LogP contribution in [0.25, 0.3) is 0 Å². The van der Waals surface area contributed by atoms with E-state index in [0.717, 1.165) is 18.8 Å². The normalized spacial score (nSPS) is 13.3. The molecule has 30 heavy (non-hydrogen) atoms. The van der Waals surface area contributed by atoms with E-state index in [-0.39, 0.29) is 11.8 Å². The Hall–Kier alpha value is -3.35. The Kier molecular flexibility index (Phi) is 5.82. The molecule has 0 saturated heterocycles. The summed E-state index contributed by atoms with van der Waals surface area (Å²) >= 11 is 0. The lowest BCUT2D eigenvalue weighted by Crippen LogP contribution is -2.45. The number of urea groups is 1. The third-order valence-corrected chi connectivity index (χ3v) is 5.07. The minimum atomic E-state index is -0.616. The van der Waals surface area contributed by atoms with Crippen molar-refractivity contribution in [3.63, 3.8) is 0 Å². The van der Waals surface area contributed by atoms with Crippen LogP contribution in [-0.4, -0.2) is 41.4 Å². The smallest absolute Gasteiger partial charge is 0.323 e. The van der Waals surface area contributed by atoms with E-state index in [1.54, 1.807) is 18.2 Å². The van der Waals surface area contributed by atoms with Crippen molar-refractivity contribution >= 4 is 34.9 Å². The monoisotopic (exact) mass is 408 g/mol. The lowest BCUT2D eigenvalue weighted by molar-refractivity contribution is 0.0507. The number of benzene rings is 2. The molecule has 0 aliphatic carbocycles. The van der Waals surface area contributed by atoms with E-state index in [4.69, 9.17) is 0 Å². The number of amides is 4. The second-order valence-corrected chi connectivity index (χ2v) is 8.18. The van der Waals surface area contributed by atoms with Gasteiger partial charge in [-0.15, -0.1) is 0 Å². The largest absolute Gasteiger partial charge is 0.372 e. The number of anilines is 3. The molecular weight excluding hydrogens is 380 g/mol. The maximum absolute atomic E-state index is 12.7. The van der Waals surface area contributed by atoms with Crippen molar-refractivity contribution in [2.75, 3.05) is 28.6 Å². The molecule has 0 fully saturated rings. The van der Waals surface area contributed by atoms with Crippen molar-refractivity contribution in [1.82, 2.24) is 4.90 Å². The number of rotatable bonds is 5. The third-order valence-electron chi connectivity index (χ3n) is 5.07. The van der Waals surface area contributed by atoms with Crippen molar-refractivity contribution in [2.24, 2.45) is 0 Å². The van der Waals surface area contributed by atoms with Crippen LogP contribution < -0.4 is 15.5 Å². The first-order chi connectivity index (χ1) is 14.2. The summed E-state index contributed by atoms with van der Waals surface area (Å²) in [6.45, 7) is 11.5. The Labute approximate surface area is 177 Å². The van der Waals surface area contributed by atoms with Gasteiger partial charge in [-0.25, -0.2) is 4.79 Å². The van der Waals surface area contributed by atoms with E-state index in [2.05, 4.69) is 29.4 Å². The highest BCUT2D eigenvalue weighted by atomic mass is 16.2. The Morgan fingerprint density at radius 3 is 1.97 bits per heavy atom. The molecular formula is C23H28N4O3. The van der Waals surface area contributed by atoms with Gasteiger partial charge in [-0.1, -0.05) is 0 Å². The highest BCUT2D eigenvalue weighted by molar-refractivity contribution is 6.22. The molecule has 0 bridgehead atoms. The van der Waals surface area contributed by atoms with Gasteiger partial charge in [0.1, 0.15) is 0 Å². The van der Waals surface area contributed by atoms with Crippen molar-refractivity contribution < 1.29 is 14.4 Å². The molecule has 2 N–H and O–H groups in total. The van der Waals surface area contributed by atoms with Crippen molar-refractivity contribution in [3.05, 3.63) is 53.6 Å². The molecule has 0 spiro atoms. The Morgan fingerprint density at radius 2 is 1.40 bits per heavy atom. The molecule has 158 valence electrons. The van der Waals surface area contributed by atoms with E-state index in [9.17, 15) is 14.4 Å². The predicted molar refractivity (Wildman–Crippen MR) is 119 cm³/mol. The third kappa shape index (κ3) is 4.15. The summed E-state index contributed by atoms with van der Waals surface area (Å²) in [6, 6.07) is 11.9. The van der Waals surface area contributed by atoms with Gasteiger partial charge in [-0.05, 0) is 77.1 Å². The van der Waals surface area contributed by atoms with Crippen LogP contribution in [0.2, 0.25) is 0 Å². The standard InChI is InChI=1S/C23H28N4O3/c1-6-26(7-2)17-11-8-15(9-12-17)24-22(30)25-16-10-13-18-19(14-16)21(29)27(20(18)28)23(3,4)5/h8-14H,6-7H2,1-5H3,(H2,24,25,30). The number of nitrogens with zero attached hydrogens (tertiary/aromatic N) is 2. The summed E-state index contributed by atoms with van der Waals surface area (Å²) in [4.78, 5) is 41.1. The first-order valence-electron chi connectivity index (χ1n) is 10.1.